The molecular weight excluding hydrogens is 569 g/mol. The van der Waals surface area contributed by atoms with Gasteiger partial charge >= 0.3 is 6.18 Å². The highest BCUT2D eigenvalue weighted by Gasteiger charge is 2.33. The second kappa shape index (κ2) is 10.0. The number of benzene rings is 3. The summed E-state index contributed by atoms with van der Waals surface area (Å²) in [5.74, 6) is -1.40. The van der Waals surface area contributed by atoms with Gasteiger partial charge in [-0.15, -0.1) is 10.2 Å². The number of carbonyl (C=O) groups is 2. The average Bonchev–Trinajstić information content (AvgIpc) is 3.34. The summed E-state index contributed by atoms with van der Waals surface area (Å²) in [5.41, 5.74) is 1.30. The van der Waals surface area contributed by atoms with E-state index in [1.165, 1.54) is 28.8 Å². The molecule has 0 unspecified atom stereocenters. The van der Waals surface area contributed by atoms with E-state index in [-0.39, 0.29) is 38.0 Å². The standard InChI is InChI=1S/C27H18ClF3N4O4S/c1-12-3-5-16(7-13(12)2)35-19-11-15(27(29,30)31)10-17(28)22(19)23(25(35)38)34-33-18-6-4-14(8-20(18)36)9-21-24(37)32-26(39)40-21/h3-11,36,38H,1-2H3,(H,32,37,39)/b21-9-,34-33?. The van der Waals surface area contributed by atoms with Crippen LogP contribution in [0.3, 0.4) is 0 Å². The SMILES string of the molecule is Cc1ccc(-n2c(O)c(N=Nc3ccc(/C=C4\SC(=O)NC4=O)cc3O)c3c(Cl)cc(C(F)(F)F)cc32)cc1C. The number of hydrogen-bond donors (Lipinski definition) is 3. The van der Waals surface area contributed by atoms with E-state index in [1.807, 2.05) is 13.8 Å². The monoisotopic (exact) mass is 586 g/mol. The fraction of sp³-hybridized carbons (Fsp3) is 0.111. The zero-order valence-electron chi connectivity index (χ0n) is 20.7. The van der Waals surface area contributed by atoms with E-state index in [4.69, 9.17) is 11.6 Å². The number of aromatic hydroxyl groups is 2. The van der Waals surface area contributed by atoms with E-state index in [2.05, 4.69) is 15.5 Å². The van der Waals surface area contributed by atoms with E-state index < -0.39 is 28.8 Å². The highest BCUT2D eigenvalue weighted by molar-refractivity contribution is 8.18. The molecule has 3 aromatic carbocycles. The first kappa shape index (κ1) is 27.3. The molecule has 1 aliphatic heterocycles. The molecule has 1 aromatic heterocycles. The van der Waals surface area contributed by atoms with Gasteiger partial charge in [0.05, 0.1) is 26.4 Å². The van der Waals surface area contributed by atoms with Crippen molar-refractivity contribution in [1.29, 1.82) is 0 Å². The maximum atomic E-state index is 13.6. The first-order chi connectivity index (χ1) is 18.8. The van der Waals surface area contributed by atoms with Gasteiger partial charge in [0.2, 0.25) is 5.88 Å². The number of carbonyl (C=O) groups excluding carboxylic acids is 2. The average molecular weight is 587 g/mol. The van der Waals surface area contributed by atoms with E-state index in [0.29, 0.717) is 11.3 Å². The van der Waals surface area contributed by atoms with E-state index in [1.54, 1.807) is 18.2 Å². The zero-order chi connectivity index (χ0) is 28.9. The van der Waals surface area contributed by atoms with Crippen LogP contribution in [0.2, 0.25) is 5.02 Å². The fourth-order valence-electron chi connectivity index (χ4n) is 4.11. The number of phenols is 1. The highest BCUT2D eigenvalue weighted by Crippen LogP contribution is 2.47. The molecule has 8 nitrogen and oxygen atoms in total. The number of thioether (sulfide) groups is 1. The molecule has 3 N–H and O–H groups in total. The lowest BCUT2D eigenvalue weighted by molar-refractivity contribution is -0.137. The van der Waals surface area contributed by atoms with Crippen molar-refractivity contribution in [3.8, 4) is 17.3 Å². The molecule has 0 bridgehead atoms. The van der Waals surface area contributed by atoms with Gasteiger partial charge in [-0.25, -0.2) is 0 Å². The number of alkyl halides is 3. The van der Waals surface area contributed by atoms with Crippen molar-refractivity contribution in [2.24, 2.45) is 10.2 Å². The summed E-state index contributed by atoms with van der Waals surface area (Å²) >= 11 is 7.02. The summed E-state index contributed by atoms with van der Waals surface area (Å²) < 4.78 is 42.1. The normalized spacial score (nSPS) is 15.1. The number of imide groups is 1. The quantitative estimate of drug-likeness (QED) is 0.165. The minimum absolute atomic E-state index is 0.0312. The Morgan fingerprint density at radius 1 is 1.00 bits per heavy atom. The number of halogens is 4. The van der Waals surface area contributed by atoms with Crippen molar-refractivity contribution in [1.82, 2.24) is 9.88 Å². The third-order valence-electron chi connectivity index (χ3n) is 6.24. The first-order valence-electron chi connectivity index (χ1n) is 11.5. The van der Waals surface area contributed by atoms with Crippen molar-refractivity contribution in [3.05, 3.63) is 80.7 Å². The molecule has 2 heterocycles. The zero-order valence-corrected chi connectivity index (χ0v) is 22.2. The number of aryl methyl sites for hydroxylation is 2. The molecule has 204 valence electrons. The number of azo groups is 1. The van der Waals surface area contributed by atoms with Gasteiger partial charge < -0.3 is 10.2 Å². The van der Waals surface area contributed by atoms with Gasteiger partial charge in [0.25, 0.3) is 11.1 Å². The Labute approximate surface area is 233 Å². The van der Waals surface area contributed by atoms with Gasteiger partial charge in [0.1, 0.15) is 11.4 Å². The summed E-state index contributed by atoms with van der Waals surface area (Å²) in [7, 11) is 0. The minimum Gasteiger partial charge on any atom is -0.506 e. The fourth-order valence-corrected chi connectivity index (χ4v) is 5.10. The summed E-state index contributed by atoms with van der Waals surface area (Å²) in [4.78, 5) is 23.3. The Bertz CT molecular complexity index is 1800. The predicted octanol–water partition coefficient (Wildman–Crippen LogP) is 8.07. The second-order valence-corrected chi connectivity index (χ2v) is 10.3. The van der Waals surface area contributed by atoms with Crippen LogP contribution in [0.15, 0.2) is 63.7 Å². The molecule has 2 amide bonds. The summed E-state index contributed by atoms with van der Waals surface area (Å²) in [5, 5.41) is 31.1. The maximum absolute atomic E-state index is 13.6. The van der Waals surface area contributed by atoms with Crippen LogP contribution in [-0.4, -0.2) is 25.9 Å². The molecule has 0 aliphatic carbocycles. The molecule has 1 fully saturated rings. The van der Waals surface area contributed by atoms with Crippen molar-refractivity contribution in [3.63, 3.8) is 0 Å². The molecule has 1 aliphatic rings. The minimum atomic E-state index is -4.69. The summed E-state index contributed by atoms with van der Waals surface area (Å²) in [6.07, 6.45) is -3.28. The molecule has 13 heteroatoms. The Hall–Kier alpha value is -4.29. The van der Waals surface area contributed by atoms with Crippen molar-refractivity contribution < 1.29 is 33.0 Å². The molecule has 4 aromatic rings. The predicted molar refractivity (Wildman–Crippen MR) is 146 cm³/mol. The van der Waals surface area contributed by atoms with Gasteiger partial charge in [-0.2, -0.15) is 13.2 Å². The molecule has 0 spiro atoms. The second-order valence-electron chi connectivity index (χ2n) is 8.93. The molecule has 0 saturated carbocycles. The largest absolute Gasteiger partial charge is 0.506 e. The lowest BCUT2D eigenvalue weighted by Crippen LogP contribution is -2.17. The lowest BCUT2D eigenvalue weighted by Gasteiger charge is -2.12. The Morgan fingerprint density at radius 2 is 1.75 bits per heavy atom. The number of fused-ring (bicyclic) bond motifs is 1. The van der Waals surface area contributed by atoms with Gasteiger partial charge in [-0.3, -0.25) is 19.5 Å². The molecule has 1 saturated heterocycles. The Balaban J connectivity index is 1.62. The number of nitrogens with zero attached hydrogens (tertiary/aromatic N) is 3. The lowest BCUT2D eigenvalue weighted by atomic mass is 10.1. The van der Waals surface area contributed by atoms with Crippen LogP contribution in [0.25, 0.3) is 22.7 Å². The summed E-state index contributed by atoms with van der Waals surface area (Å²) in [6, 6.07) is 10.9. The topological polar surface area (TPSA) is 116 Å². The van der Waals surface area contributed by atoms with Crippen molar-refractivity contribution >= 4 is 62.9 Å². The third kappa shape index (κ3) is 5.03. The van der Waals surface area contributed by atoms with Crippen LogP contribution in [0.4, 0.5) is 29.3 Å². The highest BCUT2D eigenvalue weighted by atomic mass is 35.5. The number of nitrogens with one attached hydrogen (secondary N) is 1. The number of amides is 2. The summed E-state index contributed by atoms with van der Waals surface area (Å²) in [6.45, 7) is 3.70. The first-order valence-corrected chi connectivity index (χ1v) is 12.7. The van der Waals surface area contributed by atoms with Gasteiger partial charge in [-0.05, 0) is 84.8 Å². The number of aromatic nitrogens is 1. The van der Waals surface area contributed by atoms with Crippen molar-refractivity contribution in [2.75, 3.05) is 0 Å². The third-order valence-corrected chi connectivity index (χ3v) is 7.35. The van der Waals surface area contributed by atoms with Crippen LogP contribution in [-0.2, 0) is 11.0 Å². The van der Waals surface area contributed by atoms with Gasteiger partial charge in [0, 0.05) is 5.69 Å². The van der Waals surface area contributed by atoms with Crippen LogP contribution in [0.5, 0.6) is 11.6 Å². The van der Waals surface area contributed by atoms with E-state index >= 15 is 0 Å². The maximum Gasteiger partial charge on any atom is 0.416 e. The van der Waals surface area contributed by atoms with Crippen LogP contribution < -0.4 is 5.32 Å². The smallest absolute Gasteiger partial charge is 0.416 e. The van der Waals surface area contributed by atoms with E-state index in [9.17, 15) is 33.0 Å². The Morgan fingerprint density at radius 3 is 2.38 bits per heavy atom. The number of phenolic OH excluding ortho intramolecular Hbond substituents is 1. The molecule has 0 radical (unpaired) electrons. The molecular formula is C27H18ClF3N4O4S. The number of rotatable bonds is 4. The molecule has 0 atom stereocenters. The van der Waals surface area contributed by atoms with Crippen LogP contribution in [0.1, 0.15) is 22.3 Å². The van der Waals surface area contributed by atoms with Crippen molar-refractivity contribution in [2.45, 2.75) is 20.0 Å². The van der Waals surface area contributed by atoms with Crippen LogP contribution in [0, 0.1) is 13.8 Å². The Kier molecular flexibility index (Phi) is 6.84. The van der Waals surface area contributed by atoms with Gasteiger partial charge in [-0.1, -0.05) is 23.7 Å². The van der Waals surface area contributed by atoms with Gasteiger partial charge in [0.15, 0.2) is 5.69 Å². The number of hydrogen-bond acceptors (Lipinski definition) is 7. The molecule has 5 rings (SSSR count). The van der Waals surface area contributed by atoms with Crippen LogP contribution >= 0.6 is 23.4 Å². The van der Waals surface area contributed by atoms with E-state index in [0.717, 1.165) is 35.0 Å². The molecule has 40 heavy (non-hydrogen) atoms.